The maximum atomic E-state index is 12.9. The molecular weight excluding hydrogens is 452 g/mol. The molecule has 0 radical (unpaired) electrons. The first-order valence-electron chi connectivity index (χ1n) is 9.65. The van der Waals surface area contributed by atoms with E-state index in [2.05, 4.69) is 10.0 Å². The molecule has 0 bridgehead atoms. The number of hydrogen-bond donors (Lipinski definition) is 2. The highest BCUT2D eigenvalue weighted by molar-refractivity contribution is 7.92. The highest BCUT2D eigenvalue weighted by Crippen LogP contribution is 2.30. The van der Waals surface area contributed by atoms with Gasteiger partial charge in [-0.1, -0.05) is 35.9 Å². The third-order valence-corrected chi connectivity index (χ3v) is 6.50. The number of amides is 1. The van der Waals surface area contributed by atoms with Crippen molar-refractivity contribution in [3.63, 3.8) is 0 Å². The average Bonchev–Trinajstić information content (AvgIpc) is 2.80. The predicted octanol–water partition coefficient (Wildman–Crippen LogP) is 4.65. The highest BCUT2D eigenvalue weighted by atomic mass is 35.5. The standard InChI is InChI=1S/C23H23ClN2O5S/c1-15(16-9-12-21(30-2)22(13-16)31-3)25-23(27)19-14-17(10-11-20(19)24)26-32(28,29)18-7-5-4-6-8-18/h4-15,26H,1-3H3,(H,25,27). The monoisotopic (exact) mass is 474 g/mol. The number of benzene rings is 3. The molecule has 32 heavy (non-hydrogen) atoms. The maximum Gasteiger partial charge on any atom is 0.261 e. The third-order valence-electron chi connectivity index (χ3n) is 4.77. The van der Waals surface area contributed by atoms with Gasteiger partial charge in [-0.2, -0.15) is 0 Å². The Balaban J connectivity index is 1.80. The number of rotatable bonds is 8. The molecule has 0 fully saturated rings. The van der Waals surface area contributed by atoms with Crippen molar-refractivity contribution in [1.82, 2.24) is 5.32 Å². The van der Waals surface area contributed by atoms with Crippen molar-refractivity contribution in [3.8, 4) is 11.5 Å². The van der Waals surface area contributed by atoms with Gasteiger partial charge in [0.25, 0.3) is 15.9 Å². The molecule has 0 aliphatic carbocycles. The Kier molecular flexibility index (Phi) is 7.27. The summed E-state index contributed by atoms with van der Waals surface area (Å²) >= 11 is 6.22. The molecule has 9 heteroatoms. The van der Waals surface area contributed by atoms with E-state index in [4.69, 9.17) is 21.1 Å². The van der Waals surface area contributed by atoms with Crippen molar-refractivity contribution in [2.45, 2.75) is 17.9 Å². The number of halogens is 1. The lowest BCUT2D eigenvalue weighted by Crippen LogP contribution is -2.27. The van der Waals surface area contributed by atoms with Gasteiger partial charge in [0, 0.05) is 5.69 Å². The van der Waals surface area contributed by atoms with E-state index < -0.39 is 15.9 Å². The van der Waals surface area contributed by atoms with Crippen LogP contribution in [0.3, 0.4) is 0 Å². The second kappa shape index (κ2) is 9.93. The van der Waals surface area contributed by atoms with Crippen LogP contribution in [0.4, 0.5) is 5.69 Å². The number of carbonyl (C=O) groups excluding carboxylic acids is 1. The Bertz CT molecular complexity index is 1220. The van der Waals surface area contributed by atoms with E-state index in [1.54, 1.807) is 37.4 Å². The summed E-state index contributed by atoms with van der Waals surface area (Å²) in [6.45, 7) is 1.81. The zero-order chi connectivity index (χ0) is 23.3. The van der Waals surface area contributed by atoms with E-state index in [1.165, 1.54) is 37.4 Å². The van der Waals surface area contributed by atoms with Gasteiger partial charge in [0.2, 0.25) is 0 Å². The van der Waals surface area contributed by atoms with Crippen molar-refractivity contribution in [1.29, 1.82) is 0 Å². The van der Waals surface area contributed by atoms with E-state index in [9.17, 15) is 13.2 Å². The van der Waals surface area contributed by atoms with Gasteiger partial charge in [0.15, 0.2) is 11.5 Å². The van der Waals surface area contributed by atoms with Crippen LogP contribution in [-0.2, 0) is 10.0 Å². The molecule has 3 rings (SSSR count). The van der Waals surface area contributed by atoms with E-state index >= 15 is 0 Å². The largest absolute Gasteiger partial charge is 0.493 e. The number of carbonyl (C=O) groups is 1. The molecule has 1 amide bonds. The van der Waals surface area contributed by atoms with Crippen LogP contribution in [0.15, 0.2) is 71.6 Å². The minimum absolute atomic E-state index is 0.114. The normalized spacial score (nSPS) is 12.0. The molecule has 0 aromatic heterocycles. The summed E-state index contributed by atoms with van der Waals surface area (Å²) in [5.41, 5.74) is 1.17. The first-order chi connectivity index (χ1) is 15.2. The summed E-state index contributed by atoms with van der Waals surface area (Å²) in [7, 11) is -0.720. The van der Waals surface area contributed by atoms with Crippen LogP contribution in [0.2, 0.25) is 5.02 Å². The van der Waals surface area contributed by atoms with Gasteiger partial charge in [-0.15, -0.1) is 0 Å². The fourth-order valence-corrected chi connectivity index (χ4v) is 4.33. The number of hydrogen-bond acceptors (Lipinski definition) is 5. The zero-order valence-electron chi connectivity index (χ0n) is 17.8. The van der Waals surface area contributed by atoms with Gasteiger partial charge in [-0.05, 0) is 55.0 Å². The molecular formula is C23H23ClN2O5S. The van der Waals surface area contributed by atoms with Crippen LogP contribution < -0.4 is 19.5 Å². The summed E-state index contributed by atoms with van der Waals surface area (Å²) in [6, 6.07) is 17.3. The van der Waals surface area contributed by atoms with Crippen molar-refractivity contribution < 1.29 is 22.7 Å². The SMILES string of the molecule is COc1ccc(C(C)NC(=O)c2cc(NS(=O)(=O)c3ccccc3)ccc2Cl)cc1OC. The van der Waals surface area contributed by atoms with Gasteiger partial charge in [0.05, 0.1) is 35.7 Å². The van der Waals surface area contributed by atoms with Crippen molar-refractivity contribution >= 4 is 33.2 Å². The second-order valence-electron chi connectivity index (χ2n) is 6.92. The first-order valence-corrected chi connectivity index (χ1v) is 11.5. The van der Waals surface area contributed by atoms with E-state index in [1.807, 2.05) is 13.0 Å². The zero-order valence-corrected chi connectivity index (χ0v) is 19.3. The highest BCUT2D eigenvalue weighted by Gasteiger charge is 2.19. The Hall–Kier alpha value is -3.23. The number of methoxy groups -OCH3 is 2. The lowest BCUT2D eigenvalue weighted by molar-refractivity contribution is 0.0940. The Morgan fingerprint density at radius 2 is 1.62 bits per heavy atom. The number of anilines is 1. The fraction of sp³-hybridized carbons (Fsp3) is 0.174. The van der Waals surface area contributed by atoms with Crippen LogP contribution in [-0.4, -0.2) is 28.5 Å². The summed E-state index contributed by atoms with van der Waals surface area (Å²) in [5.74, 6) is 0.677. The first kappa shape index (κ1) is 23.4. The molecule has 7 nitrogen and oxygen atoms in total. The van der Waals surface area contributed by atoms with Crippen LogP contribution in [0.1, 0.15) is 28.9 Å². The van der Waals surface area contributed by atoms with Gasteiger partial charge in [-0.3, -0.25) is 9.52 Å². The predicted molar refractivity (Wildman–Crippen MR) is 124 cm³/mol. The molecule has 1 atom stereocenters. The lowest BCUT2D eigenvalue weighted by atomic mass is 10.1. The molecule has 168 valence electrons. The number of nitrogens with one attached hydrogen (secondary N) is 2. The smallest absolute Gasteiger partial charge is 0.261 e. The van der Waals surface area contributed by atoms with Crippen LogP contribution in [0.25, 0.3) is 0 Å². The van der Waals surface area contributed by atoms with Crippen LogP contribution in [0.5, 0.6) is 11.5 Å². The summed E-state index contributed by atoms with van der Waals surface area (Å²) in [4.78, 5) is 13.0. The molecule has 2 N–H and O–H groups in total. The summed E-state index contributed by atoms with van der Waals surface area (Å²) in [5, 5.41) is 3.07. The Morgan fingerprint density at radius 3 is 2.28 bits per heavy atom. The minimum Gasteiger partial charge on any atom is -0.493 e. The number of sulfonamides is 1. The maximum absolute atomic E-state index is 12.9. The molecule has 0 spiro atoms. The molecule has 1 unspecified atom stereocenters. The average molecular weight is 475 g/mol. The van der Waals surface area contributed by atoms with Gasteiger partial charge >= 0.3 is 0 Å². The van der Waals surface area contributed by atoms with Gasteiger partial charge in [-0.25, -0.2) is 8.42 Å². The molecule has 0 saturated carbocycles. The summed E-state index contributed by atoms with van der Waals surface area (Å²) < 4.78 is 38.2. The van der Waals surface area contributed by atoms with Crippen LogP contribution >= 0.6 is 11.6 Å². The van der Waals surface area contributed by atoms with Gasteiger partial charge < -0.3 is 14.8 Å². The molecule has 0 saturated heterocycles. The molecule has 3 aromatic rings. The number of ether oxygens (including phenoxy) is 2. The quantitative estimate of drug-likeness (QED) is 0.495. The fourth-order valence-electron chi connectivity index (χ4n) is 3.06. The van der Waals surface area contributed by atoms with E-state index in [0.717, 1.165) is 5.56 Å². The minimum atomic E-state index is -3.80. The van der Waals surface area contributed by atoms with E-state index in [0.29, 0.717) is 11.5 Å². The topological polar surface area (TPSA) is 93.7 Å². The van der Waals surface area contributed by atoms with Crippen molar-refractivity contribution in [3.05, 3.63) is 82.9 Å². The molecule has 0 heterocycles. The second-order valence-corrected chi connectivity index (χ2v) is 9.01. The lowest BCUT2D eigenvalue weighted by Gasteiger charge is -2.17. The molecule has 0 aliphatic heterocycles. The third kappa shape index (κ3) is 5.33. The molecule has 0 aliphatic rings. The van der Waals surface area contributed by atoms with Crippen LogP contribution in [0, 0.1) is 0 Å². The Morgan fingerprint density at radius 1 is 0.938 bits per heavy atom. The van der Waals surface area contributed by atoms with Crippen molar-refractivity contribution in [2.24, 2.45) is 0 Å². The Labute approximate surface area is 192 Å². The van der Waals surface area contributed by atoms with Gasteiger partial charge in [0.1, 0.15) is 0 Å². The molecule has 3 aromatic carbocycles. The summed E-state index contributed by atoms with van der Waals surface area (Å²) in [6.07, 6.45) is 0. The van der Waals surface area contributed by atoms with Crippen molar-refractivity contribution in [2.75, 3.05) is 18.9 Å². The van der Waals surface area contributed by atoms with E-state index in [-0.39, 0.29) is 27.2 Å².